The minimum atomic E-state index is -0.505. The lowest BCUT2D eigenvalue weighted by molar-refractivity contribution is -0.151. The average Bonchev–Trinajstić information content (AvgIpc) is 3.56. The monoisotopic (exact) mass is 536 g/mol. The van der Waals surface area contributed by atoms with Gasteiger partial charge in [-0.05, 0) is 97.4 Å². The van der Waals surface area contributed by atoms with Gasteiger partial charge >= 0.3 is 13.1 Å². The maximum atomic E-state index is 13.4. The molecule has 1 aromatic carbocycles. The van der Waals surface area contributed by atoms with Crippen LogP contribution in [0.5, 0.6) is 0 Å². The summed E-state index contributed by atoms with van der Waals surface area (Å²) in [6.07, 6.45) is 2.65. The fourth-order valence-corrected chi connectivity index (χ4v) is 5.73. The Morgan fingerprint density at radius 3 is 2.54 bits per heavy atom. The molecule has 1 aromatic heterocycles. The van der Waals surface area contributed by atoms with Crippen LogP contribution in [0.25, 0.3) is 0 Å². The summed E-state index contributed by atoms with van der Waals surface area (Å²) in [5.74, 6) is -0.465. The molecule has 39 heavy (non-hydrogen) atoms. The summed E-state index contributed by atoms with van der Waals surface area (Å²) in [6, 6.07) is 7.82. The zero-order valence-electron chi connectivity index (χ0n) is 24.2. The standard InChI is InChI=1S/C29H41BN4O5/c1-18(2)37-27(36)20-13-15-33(17-20)24-12-9-14-34-25(24)16-23(32-34)26(35)31-22-11-8-10-21(19(22)3)30-38-28(4,5)29(6,7)39-30/h8,10-11,16,18,20,24H,9,12-15,17H2,1-7H3,(H,31,35)/t20-,24+/m1/s1. The summed E-state index contributed by atoms with van der Waals surface area (Å²) in [4.78, 5) is 28.2. The number of aryl methyl sites for hydroxylation is 1. The van der Waals surface area contributed by atoms with Gasteiger partial charge in [-0.2, -0.15) is 5.10 Å². The summed E-state index contributed by atoms with van der Waals surface area (Å²) in [6.45, 7) is 16.1. The molecule has 0 radical (unpaired) electrons. The van der Waals surface area contributed by atoms with Gasteiger partial charge in [-0.15, -0.1) is 0 Å². The molecular formula is C29H41BN4O5. The molecule has 2 saturated heterocycles. The number of rotatable bonds is 6. The number of hydrogen-bond donors (Lipinski definition) is 1. The molecule has 0 unspecified atom stereocenters. The highest BCUT2D eigenvalue weighted by atomic mass is 16.7. The summed E-state index contributed by atoms with van der Waals surface area (Å²) in [5.41, 5.74) is 3.05. The van der Waals surface area contributed by atoms with Crippen molar-refractivity contribution in [3.63, 3.8) is 0 Å². The highest BCUT2D eigenvalue weighted by Crippen LogP contribution is 2.37. The molecule has 1 N–H and O–H groups in total. The number of likely N-dealkylation sites (tertiary alicyclic amines) is 1. The normalized spacial score (nSPS) is 24.2. The van der Waals surface area contributed by atoms with Gasteiger partial charge in [0.2, 0.25) is 0 Å². The predicted molar refractivity (Wildman–Crippen MR) is 150 cm³/mol. The molecule has 3 aliphatic rings. The van der Waals surface area contributed by atoms with E-state index in [2.05, 4.69) is 15.3 Å². The van der Waals surface area contributed by atoms with Gasteiger partial charge in [-0.1, -0.05) is 12.1 Å². The predicted octanol–water partition coefficient (Wildman–Crippen LogP) is 3.85. The number of fused-ring (bicyclic) bond motifs is 1. The Balaban J connectivity index is 1.30. The SMILES string of the molecule is Cc1c(NC(=O)c2cc3n(n2)CCC[C@@H]3N2CC[C@@H](C(=O)OC(C)C)C2)cccc1B1OC(C)(C)C(C)(C)O1. The first kappa shape index (κ1) is 27.9. The number of esters is 1. The first-order valence-electron chi connectivity index (χ1n) is 14.1. The van der Waals surface area contributed by atoms with Crippen LogP contribution in [0, 0.1) is 12.8 Å². The molecule has 210 valence electrons. The van der Waals surface area contributed by atoms with Gasteiger partial charge in [0, 0.05) is 18.8 Å². The van der Waals surface area contributed by atoms with Gasteiger partial charge in [0.25, 0.3) is 5.91 Å². The van der Waals surface area contributed by atoms with E-state index in [1.165, 1.54) is 0 Å². The minimum Gasteiger partial charge on any atom is -0.463 e. The minimum absolute atomic E-state index is 0.104. The fraction of sp³-hybridized carbons (Fsp3) is 0.621. The Morgan fingerprint density at radius 2 is 1.85 bits per heavy atom. The molecule has 2 atom stereocenters. The fourth-order valence-electron chi connectivity index (χ4n) is 5.73. The molecule has 0 bridgehead atoms. The van der Waals surface area contributed by atoms with Crippen molar-refractivity contribution in [1.29, 1.82) is 0 Å². The van der Waals surface area contributed by atoms with Gasteiger partial charge in [0.15, 0.2) is 5.69 Å². The van der Waals surface area contributed by atoms with E-state index in [0.717, 1.165) is 49.1 Å². The first-order chi connectivity index (χ1) is 18.4. The van der Waals surface area contributed by atoms with Crippen molar-refractivity contribution in [3.05, 3.63) is 41.2 Å². The Kier molecular flexibility index (Phi) is 7.41. The van der Waals surface area contributed by atoms with Crippen molar-refractivity contribution < 1.29 is 23.6 Å². The zero-order valence-corrected chi connectivity index (χ0v) is 24.2. The third kappa shape index (κ3) is 5.39. The number of benzene rings is 1. The van der Waals surface area contributed by atoms with E-state index in [-0.39, 0.29) is 29.9 Å². The van der Waals surface area contributed by atoms with Crippen molar-refractivity contribution in [2.75, 3.05) is 18.4 Å². The number of anilines is 1. The largest absolute Gasteiger partial charge is 0.495 e. The van der Waals surface area contributed by atoms with Crippen LogP contribution >= 0.6 is 0 Å². The molecule has 5 rings (SSSR count). The van der Waals surface area contributed by atoms with E-state index in [0.29, 0.717) is 17.9 Å². The summed E-state index contributed by atoms with van der Waals surface area (Å²) in [5, 5.41) is 7.73. The summed E-state index contributed by atoms with van der Waals surface area (Å²) >= 11 is 0. The number of hydrogen-bond acceptors (Lipinski definition) is 7. The van der Waals surface area contributed by atoms with Crippen LogP contribution in [0.3, 0.4) is 0 Å². The highest BCUT2D eigenvalue weighted by molar-refractivity contribution is 6.62. The van der Waals surface area contributed by atoms with E-state index in [1.54, 1.807) is 0 Å². The number of amides is 1. The smallest absolute Gasteiger partial charge is 0.463 e. The van der Waals surface area contributed by atoms with Crippen LogP contribution in [0.4, 0.5) is 5.69 Å². The number of aromatic nitrogens is 2. The molecule has 0 aliphatic carbocycles. The Bertz CT molecular complexity index is 1240. The highest BCUT2D eigenvalue weighted by Gasteiger charge is 2.52. The van der Waals surface area contributed by atoms with Gasteiger partial charge in [-0.25, -0.2) is 0 Å². The van der Waals surface area contributed by atoms with Gasteiger partial charge in [-0.3, -0.25) is 19.2 Å². The summed E-state index contributed by atoms with van der Waals surface area (Å²) < 4.78 is 19.9. The molecule has 2 fully saturated rings. The lowest BCUT2D eigenvalue weighted by Crippen LogP contribution is -2.41. The number of nitrogens with zero attached hydrogens (tertiary/aromatic N) is 3. The van der Waals surface area contributed by atoms with Crippen LogP contribution in [-0.4, -0.2) is 64.1 Å². The number of carbonyl (C=O) groups excluding carboxylic acids is 2. The average molecular weight is 536 g/mol. The Hall–Kier alpha value is -2.69. The maximum absolute atomic E-state index is 13.4. The second-order valence-corrected chi connectivity index (χ2v) is 12.4. The van der Waals surface area contributed by atoms with Gasteiger partial charge < -0.3 is 19.4 Å². The topological polar surface area (TPSA) is 94.9 Å². The number of nitrogens with one attached hydrogen (secondary N) is 1. The van der Waals surface area contributed by atoms with Crippen LogP contribution in [-0.2, 0) is 25.4 Å². The third-order valence-corrected chi connectivity index (χ3v) is 8.71. The van der Waals surface area contributed by atoms with Crippen molar-refractivity contribution in [2.24, 2.45) is 5.92 Å². The molecule has 10 heteroatoms. The Labute approximate surface area is 231 Å². The third-order valence-electron chi connectivity index (χ3n) is 8.71. The number of carbonyl (C=O) groups is 2. The lowest BCUT2D eigenvalue weighted by atomic mass is 9.76. The van der Waals surface area contributed by atoms with Crippen molar-refractivity contribution in [1.82, 2.24) is 14.7 Å². The van der Waals surface area contributed by atoms with E-state index in [9.17, 15) is 9.59 Å². The van der Waals surface area contributed by atoms with E-state index in [1.807, 2.05) is 77.4 Å². The zero-order chi connectivity index (χ0) is 28.1. The van der Waals surface area contributed by atoms with Crippen LogP contribution in [0.1, 0.15) is 88.6 Å². The maximum Gasteiger partial charge on any atom is 0.495 e. The van der Waals surface area contributed by atoms with Crippen LogP contribution in [0.2, 0.25) is 0 Å². The summed E-state index contributed by atoms with van der Waals surface area (Å²) in [7, 11) is -0.505. The lowest BCUT2D eigenvalue weighted by Gasteiger charge is -2.32. The second-order valence-electron chi connectivity index (χ2n) is 12.4. The van der Waals surface area contributed by atoms with Gasteiger partial charge in [0.1, 0.15) is 0 Å². The molecule has 2 aromatic rings. The second kappa shape index (κ2) is 10.4. The quantitative estimate of drug-likeness (QED) is 0.443. The molecule has 4 heterocycles. The van der Waals surface area contributed by atoms with Crippen molar-refractivity contribution in [3.8, 4) is 0 Å². The van der Waals surface area contributed by atoms with Gasteiger partial charge in [0.05, 0.1) is 35.0 Å². The number of ether oxygens (including phenoxy) is 1. The van der Waals surface area contributed by atoms with Crippen LogP contribution < -0.4 is 10.8 Å². The van der Waals surface area contributed by atoms with Crippen LogP contribution in [0.15, 0.2) is 24.3 Å². The molecular weight excluding hydrogens is 495 g/mol. The first-order valence-corrected chi connectivity index (χ1v) is 14.1. The Morgan fingerprint density at radius 1 is 1.13 bits per heavy atom. The van der Waals surface area contributed by atoms with E-state index in [4.69, 9.17) is 14.0 Å². The molecule has 0 spiro atoms. The molecule has 0 saturated carbocycles. The van der Waals surface area contributed by atoms with E-state index < -0.39 is 18.3 Å². The molecule has 9 nitrogen and oxygen atoms in total. The molecule has 3 aliphatic heterocycles. The van der Waals surface area contributed by atoms with Crippen molar-refractivity contribution >= 4 is 30.1 Å². The van der Waals surface area contributed by atoms with Crippen molar-refractivity contribution in [2.45, 2.75) is 97.6 Å². The van der Waals surface area contributed by atoms with E-state index >= 15 is 0 Å². The molecule has 1 amide bonds.